The molecule has 1 N–H and O–H groups in total. The zero-order valence-corrected chi connectivity index (χ0v) is 25.4. The van der Waals surface area contributed by atoms with Crippen molar-refractivity contribution in [3.8, 4) is 28.1 Å². The van der Waals surface area contributed by atoms with Crippen LogP contribution in [0.2, 0.25) is 10.0 Å². The third-order valence-electron chi connectivity index (χ3n) is 7.53. The normalized spacial score (nSPS) is 13.4. The third-order valence-corrected chi connectivity index (χ3v) is 8.32. The first-order valence-corrected chi connectivity index (χ1v) is 14.5. The number of hydrogen-bond acceptors (Lipinski definition) is 6. The number of nitrogens with one attached hydrogen (secondary N) is 1. The van der Waals surface area contributed by atoms with Gasteiger partial charge in [0, 0.05) is 61.6 Å². The predicted molar refractivity (Wildman–Crippen MR) is 162 cm³/mol. The number of imidazole rings is 1. The maximum atomic E-state index is 13.4. The summed E-state index contributed by atoms with van der Waals surface area (Å²) in [5, 5.41) is 3.41. The van der Waals surface area contributed by atoms with E-state index in [9.17, 15) is 22.8 Å². The number of halogens is 5. The molecule has 230 valence electrons. The number of anilines is 1. The van der Waals surface area contributed by atoms with Gasteiger partial charge in [0.05, 0.1) is 39.8 Å². The second kappa shape index (κ2) is 13.0. The number of carbonyl (C=O) groups excluding carboxylic acids is 2. The number of benzene rings is 2. The van der Waals surface area contributed by atoms with Gasteiger partial charge in [-0.3, -0.25) is 19.5 Å². The molecule has 44 heavy (non-hydrogen) atoms. The standard InChI is InChI=1S/C31H28Cl2F3N5O3/c1-40-24-10-14-41(13-4-11-31(34,35)36)16-23(24)38-29(40)30(43)39-22-6-3-5-20(26(22)32)21-9-12-37-28(27(21)33)18-7-8-19(17-42)25(15-18)44-2/h3,5-9,12,15,17H,4,10-11,13-14,16H2,1-2H3,(H,39,43). The number of rotatable bonds is 9. The second-order valence-corrected chi connectivity index (χ2v) is 11.1. The quantitative estimate of drug-likeness (QED) is 0.193. The van der Waals surface area contributed by atoms with E-state index in [1.165, 1.54) is 7.11 Å². The Morgan fingerprint density at radius 3 is 2.64 bits per heavy atom. The van der Waals surface area contributed by atoms with Crippen molar-refractivity contribution in [3.05, 3.63) is 81.5 Å². The average Bonchev–Trinajstić information content (AvgIpc) is 3.33. The Morgan fingerprint density at radius 2 is 1.91 bits per heavy atom. The van der Waals surface area contributed by atoms with E-state index < -0.39 is 18.5 Å². The Labute approximate surface area is 261 Å². The summed E-state index contributed by atoms with van der Waals surface area (Å²) >= 11 is 13.6. The molecule has 0 radical (unpaired) electrons. The number of amides is 1. The van der Waals surface area contributed by atoms with E-state index in [-0.39, 0.29) is 17.3 Å². The molecule has 13 heteroatoms. The smallest absolute Gasteiger partial charge is 0.389 e. The molecule has 1 aliphatic heterocycles. The van der Waals surface area contributed by atoms with Crippen molar-refractivity contribution in [2.75, 3.05) is 25.5 Å². The lowest BCUT2D eigenvalue weighted by Gasteiger charge is -2.26. The van der Waals surface area contributed by atoms with E-state index in [1.54, 1.807) is 60.3 Å². The van der Waals surface area contributed by atoms with Crippen LogP contribution in [0, 0.1) is 0 Å². The number of methoxy groups -OCH3 is 1. The van der Waals surface area contributed by atoms with Crippen LogP contribution < -0.4 is 10.1 Å². The first-order valence-electron chi connectivity index (χ1n) is 13.7. The molecule has 0 bridgehead atoms. The Bertz CT molecular complexity index is 1720. The number of hydrogen-bond donors (Lipinski definition) is 1. The fourth-order valence-electron chi connectivity index (χ4n) is 5.30. The van der Waals surface area contributed by atoms with E-state index in [1.807, 2.05) is 4.90 Å². The molecule has 0 saturated carbocycles. The maximum Gasteiger partial charge on any atom is 0.389 e. The van der Waals surface area contributed by atoms with Crippen LogP contribution in [0.4, 0.5) is 18.9 Å². The highest BCUT2D eigenvalue weighted by Gasteiger charge is 2.29. The minimum absolute atomic E-state index is 0.0114. The first kappa shape index (κ1) is 31.5. The van der Waals surface area contributed by atoms with Crippen LogP contribution in [0.1, 0.15) is 45.2 Å². The summed E-state index contributed by atoms with van der Waals surface area (Å²) in [6.07, 6.45) is -2.15. The van der Waals surface area contributed by atoms with Gasteiger partial charge in [0.15, 0.2) is 12.1 Å². The van der Waals surface area contributed by atoms with Gasteiger partial charge in [0.1, 0.15) is 5.75 Å². The fraction of sp³-hybridized carbons (Fsp3) is 0.290. The summed E-state index contributed by atoms with van der Waals surface area (Å²) in [7, 11) is 3.21. The number of alkyl halides is 3. The Kier molecular flexibility index (Phi) is 9.28. The number of aromatic nitrogens is 3. The molecule has 5 rings (SSSR count). The fourth-order valence-corrected chi connectivity index (χ4v) is 5.90. The van der Waals surface area contributed by atoms with E-state index in [2.05, 4.69) is 15.3 Å². The zero-order valence-electron chi connectivity index (χ0n) is 23.8. The number of fused-ring (bicyclic) bond motifs is 1. The van der Waals surface area contributed by atoms with Gasteiger partial charge < -0.3 is 14.6 Å². The highest BCUT2D eigenvalue weighted by atomic mass is 35.5. The molecule has 0 fully saturated rings. The number of nitrogens with zero attached hydrogens (tertiary/aromatic N) is 4. The molecule has 0 atom stereocenters. The number of pyridine rings is 1. The first-order chi connectivity index (χ1) is 21.0. The number of carbonyl (C=O) groups is 2. The summed E-state index contributed by atoms with van der Waals surface area (Å²) < 4.78 is 44.7. The van der Waals surface area contributed by atoms with Crippen LogP contribution in [0.5, 0.6) is 5.75 Å². The average molecular weight is 646 g/mol. The molecule has 4 aromatic rings. The lowest BCUT2D eigenvalue weighted by atomic mass is 10.0. The zero-order chi connectivity index (χ0) is 31.6. The largest absolute Gasteiger partial charge is 0.496 e. The predicted octanol–water partition coefficient (Wildman–Crippen LogP) is 7.23. The lowest BCUT2D eigenvalue weighted by Crippen LogP contribution is -2.32. The molecule has 1 amide bonds. The third kappa shape index (κ3) is 6.59. The molecular formula is C31H28Cl2F3N5O3. The SMILES string of the molecule is COc1cc(-c2nccc(-c3cccc(NC(=O)c4nc5c(n4C)CCN(CCCC(F)(F)F)C5)c3Cl)c2Cl)ccc1C=O. The highest BCUT2D eigenvalue weighted by molar-refractivity contribution is 6.39. The van der Waals surface area contributed by atoms with Crippen molar-refractivity contribution < 1.29 is 27.5 Å². The Hall–Kier alpha value is -3.93. The molecule has 0 spiro atoms. The van der Waals surface area contributed by atoms with Crippen LogP contribution in [-0.4, -0.2) is 58.0 Å². The molecule has 0 aliphatic carbocycles. The minimum atomic E-state index is -4.18. The molecule has 1 aliphatic rings. The van der Waals surface area contributed by atoms with Crippen LogP contribution in [0.15, 0.2) is 48.7 Å². The number of ether oxygens (including phenoxy) is 1. The van der Waals surface area contributed by atoms with Gasteiger partial charge in [-0.15, -0.1) is 0 Å². The van der Waals surface area contributed by atoms with Gasteiger partial charge in [0.2, 0.25) is 0 Å². The van der Waals surface area contributed by atoms with Crippen LogP contribution in [0.3, 0.4) is 0 Å². The van der Waals surface area contributed by atoms with Crippen molar-refractivity contribution in [2.45, 2.75) is 32.0 Å². The Balaban J connectivity index is 1.37. The molecule has 8 nitrogen and oxygen atoms in total. The lowest BCUT2D eigenvalue weighted by molar-refractivity contribution is -0.136. The summed E-state index contributed by atoms with van der Waals surface area (Å²) in [4.78, 5) is 35.6. The van der Waals surface area contributed by atoms with Crippen molar-refractivity contribution in [1.29, 1.82) is 0 Å². The molecule has 2 aromatic carbocycles. The molecule has 2 aromatic heterocycles. The van der Waals surface area contributed by atoms with E-state index >= 15 is 0 Å². The molecule has 3 heterocycles. The minimum Gasteiger partial charge on any atom is -0.496 e. The van der Waals surface area contributed by atoms with Crippen LogP contribution in [0.25, 0.3) is 22.4 Å². The van der Waals surface area contributed by atoms with Crippen molar-refractivity contribution in [2.24, 2.45) is 7.05 Å². The molecular weight excluding hydrogens is 618 g/mol. The highest BCUT2D eigenvalue weighted by Crippen LogP contribution is 2.41. The van der Waals surface area contributed by atoms with Gasteiger partial charge in [-0.1, -0.05) is 41.4 Å². The van der Waals surface area contributed by atoms with Gasteiger partial charge in [-0.25, -0.2) is 4.98 Å². The van der Waals surface area contributed by atoms with Crippen LogP contribution >= 0.6 is 23.2 Å². The van der Waals surface area contributed by atoms with Crippen LogP contribution in [-0.2, 0) is 20.0 Å². The van der Waals surface area contributed by atoms with Crippen molar-refractivity contribution >= 4 is 41.1 Å². The van der Waals surface area contributed by atoms with Crippen molar-refractivity contribution in [1.82, 2.24) is 19.4 Å². The van der Waals surface area contributed by atoms with E-state index in [4.69, 9.17) is 27.9 Å². The topological polar surface area (TPSA) is 89.3 Å². The Morgan fingerprint density at radius 1 is 1.14 bits per heavy atom. The molecule has 0 saturated heterocycles. The van der Waals surface area contributed by atoms with Gasteiger partial charge in [0.25, 0.3) is 5.91 Å². The summed E-state index contributed by atoms with van der Waals surface area (Å²) in [5.41, 5.74) is 4.50. The van der Waals surface area contributed by atoms with E-state index in [0.29, 0.717) is 82.4 Å². The maximum absolute atomic E-state index is 13.4. The second-order valence-electron chi connectivity index (χ2n) is 10.3. The van der Waals surface area contributed by atoms with E-state index in [0.717, 1.165) is 5.69 Å². The summed E-state index contributed by atoms with van der Waals surface area (Å²) in [6, 6.07) is 11.9. The van der Waals surface area contributed by atoms with Gasteiger partial charge in [-0.05, 0) is 37.2 Å². The monoisotopic (exact) mass is 645 g/mol. The van der Waals surface area contributed by atoms with Crippen molar-refractivity contribution in [3.63, 3.8) is 0 Å². The van der Waals surface area contributed by atoms with Gasteiger partial charge in [-0.2, -0.15) is 13.2 Å². The summed E-state index contributed by atoms with van der Waals surface area (Å²) in [5.74, 6) is 0.0765. The summed E-state index contributed by atoms with van der Waals surface area (Å²) in [6.45, 7) is 1.26. The number of aldehydes is 1. The van der Waals surface area contributed by atoms with Gasteiger partial charge >= 0.3 is 6.18 Å². The molecule has 0 unspecified atom stereocenters.